The van der Waals surface area contributed by atoms with E-state index in [1.54, 1.807) is 34.4 Å². The molecule has 0 amide bonds. The fourth-order valence-corrected chi connectivity index (χ4v) is 5.43. The van der Waals surface area contributed by atoms with E-state index in [1.165, 1.54) is 6.20 Å². The van der Waals surface area contributed by atoms with Crippen LogP contribution in [0, 0.1) is 0 Å². The molecule has 0 N–H and O–H groups in total. The number of hydrogen-bond acceptors (Lipinski definition) is 5. The molecule has 0 saturated carbocycles. The second kappa shape index (κ2) is 9.19. The Kier molecular flexibility index (Phi) is 6.94. The minimum Gasteiger partial charge on any atom is -0.301 e. The van der Waals surface area contributed by atoms with Crippen LogP contribution in [0.25, 0.3) is 0 Å². The summed E-state index contributed by atoms with van der Waals surface area (Å²) < 4.78 is 26.7. The van der Waals surface area contributed by atoms with Crippen LogP contribution in [-0.4, -0.2) is 61.1 Å². The molecule has 8 heteroatoms. The first-order valence-electron chi connectivity index (χ1n) is 8.57. The molecule has 1 aliphatic rings. The van der Waals surface area contributed by atoms with Crippen molar-refractivity contribution in [2.45, 2.75) is 16.2 Å². The third-order valence-corrected chi connectivity index (χ3v) is 7.80. The van der Waals surface area contributed by atoms with Crippen LogP contribution < -0.4 is 0 Å². The highest BCUT2D eigenvalue weighted by Gasteiger charge is 2.28. The van der Waals surface area contributed by atoms with Gasteiger partial charge < -0.3 is 4.90 Å². The quantitative estimate of drug-likeness (QED) is 0.517. The zero-order valence-electron chi connectivity index (χ0n) is 14.4. The molecular formula is C18H22ClN3O2S2. The van der Waals surface area contributed by atoms with Gasteiger partial charge in [0.1, 0.15) is 4.90 Å². The number of piperazine rings is 1. The van der Waals surface area contributed by atoms with Crippen LogP contribution in [0.1, 0.15) is 6.42 Å². The summed E-state index contributed by atoms with van der Waals surface area (Å²) in [6, 6.07) is 11.1. The lowest BCUT2D eigenvalue weighted by atomic mass is 10.3. The molecule has 1 aromatic heterocycles. The van der Waals surface area contributed by atoms with Crippen molar-refractivity contribution in [3.63, 3.8) is 0 Å². The summed E-state index contributed by atoms with van der Waals surface area (Å²) >= 11 is 7.93. The van der Waals surface area contributed by atoms with Gasteiger partial charge in [0.25, 0.3) is 0 Å². The van der Waals surface area contributed by atoms with Crippen molar-refractivity contribution in [1.82, 2.24) is 14.2 Å². The van der Waals surface area contributed by atoms with E-state index in [1.807, 2.05) is 24.3 Å². The van der Waals surface area contributed by atoms with Crippen LogP contribution in [0.4, 0.5) is 0 Å². The van der Waals surface area contributed by atoms with E-state index >= 15 is 0 Å². The molecule has 2 heterocycles. The van der Waals surface area contributed by atoms with Gasteiger partial charge in [-0.05, 0) is 43.0 Å². The van der Waals surface area contributed by atoms with Gasteiger partial charge in [0, 0.05) is 43.5 Å². The van der Waals surface area contributed by atoms with E-state index in [4.69, 9.17) is 11.6 Å². The van der Waals surface area contributed by atoms with Gasteiger partial charge in [-0.25, -0.2) is 8.42 Å². The molecule has 1 fully saturated rings. The van der Waals surface area contributed by atoms with Gasteiger partial charge >= 0.3 is 0 Å². The number of pyridine rings is 1. The Morgan fingerprint density at radius 1 is 1.08 bits per heavy atom. The number of nitrogens with zero attached hydrogens (tertiary/aromatic N) is 3. The Hall–Kier alpha value is -1.12. The molecule has 0 aliphatic carbocycles. The van der Waals surface area contributed by atoms with Gasteiger partial charge in [-0.2, -0.15) is 4.31 Å². The van der Waals surface area contributed by atoms with Crippen molar-refractivity contribution in [1.29, 1.82) is 0 Å². The largest absolute Gasteiger partial charge is 0.301 e. The normalized spacial score (nSPS) is 16.7. The van der Waals surface area contributed by atoms with E-state index in [0.717, 1.165) is 41.7 Å². The van der Waals surface area contributed by atoms with E-state index in [2.05, 4.69) is 9.88 Å². The van der Waals surface area contributed by atoms with Gasteiger partial charge in [0.05, 0.1) is 5.02 Å². The van der Waals surface area contributed by atoms with Gasteiger partial charge in [0.2, 0.25) is 10.0 Å². The number of benzene rings is 1. The summed E-state index contributed by atoms with van der Waals surface area (Å²) in [5.41, 5.74) is 0. The molecule has 1 aliphatic heterocycles. The van der Waals surface area contributed by atoms with E-state index in [9.17, 15) is 8.42 Å². The average molecular weight is 412 g/mol. The summed E-state index contributed by atoms with van der Waals surface area (Å²) in [5.74, 6) is 0.998. The molecule has 0 atom stereocenters. The summed E-state index contributed by atoms with van der Waals surface area (Å²) in [6.07, 6.45) is 4.04. The predicted octanol–water partition coefficient (Wildman–Crippen LogP) is 3.22. The summed E-state index contributed by atoms with van der Waals surface area (Å²) in [6.45, 7) is 3.54. The van der Waals surface area contributed by atoms with E-state index < -0.39 is 10.0 Å². The van der Waals surface area contributed by atoms with Crippen LogP contribution in [0.5, 0.6) is 0 Å². The average Bonchev–Trinajstić information content (AvgIpc) is 2.67. The summed E-state index contributed by atoms with van der Waals surface area (Å²) in [4.78, 5) is 7.62. The predicted molar refractivity (Wildman–Crippen MR) is 106 cm³/mol. The maximum absolute atomic E-state index is 12.6. The topological polar surface area (TPSA) is 53.5 Å². The van der Waals surface area contributed by atoms with Gasteiger partial charge in [-0.3, -0.25) is 4.98 Å². The first-order chi connectivity index (χ1) is 12.6. The molecule has 2 aromatic rings. The molecule has 1 aromatic carbocycles. The van der Waals surface area contributed by atoms with Crippen molar-refractivity contribution in [2.24, 2.45) is 0 Å². The Labute approximate surface area is 164 Å². The van der Waals surface area contributed by atoms with Crippen LogP contribution in [-0.2, 0) is 10.0 Å². The third kappa shape index (κ3) is 4.98. The van der Waals surface area contributed by atoms with Gasteiger partial charge in [-0.1, -0.05) is 23.7 Å². The molecular weight excluding hydrogens is 390 g/mol. The number of thioether (sulfide) groups is 1. The van der Waals surface area contributed by atoms with E-state index in [0.29, 0.717) is 13.1 Å². The molecule has 0 spiro atoms. The maximum Gasteiger partial charge on any atom is 0.244 e. The molecule has 0 bridgehead atoms. The molecule has 140 valence electrons. The van der Waals surface area contributed by atoms with Crippen LogP contribution in [0.15, 0.2) is 58.6 Å². The highest BCUT2D eigenvalue weighted by atomic mass is 35.5. The van der Waals surface area contributed by atoms with Crippen LogP contribution >= 0.6 is 23.4 Å². The maximum atomic E-state index is 12.6. The number of sulfonamides is 1. The zero-order valence-corrected chi connectivity index (χ0v) is 16.8. The smallest absolute Gasteiger partial charge is 0.244 e. The van der Waals surface area contributed by atoms with Crippen LogP contribution in [0.2, 0.25) is 5.02 Å². The third-order valence-electron chi connectivity index (χ3n) is 4.32. The molecule has 26 heavy (non-hydrogen) atoms. The first-order valence-corrected chi connectivity index (χ1v) is 11.4. The summed E-state index contributed by atoms with van der Waals surface area (Å²) in [7, 11) is -3.43. The molecule has 1 saturated heterocycles. The molecule has 5 nitrogen and oxygen atoms in total. The Morgan fingerprint density at radius 3 is 2.54 bits per heavy atom. The lowest BCUT2D eigenvalue weighted by molar-refractivity contribution is 0.189. The standard InChI is InChI=1S/C18H22ClN3O2S2/c19-17-6-1-2-7-18(17)25-14-4-9-21-10-12-22(13-11-21)26(23,24)16-5-3-8-20-15-16/h1-3,5-8,15H,4,9-14H2. The van der Waals surface area contributed by atoms with Crippen LogP contribution in [0.3, 0.4) is 0 Å². The number of rotatable bonds is 7. The van der Waals surface area contributed by atoms with Crippen molar-refractivity contribution in [2.75, 3.05) is 38.5 Å². The van der Waals surface area contributed by atoms with Crippen molar-refractivity contribution < 1.29 is 8.42 Å². The van der Waals surface area contributed by atoms with Crippen molar-refractivity contribution in [3.8, 4) is 0 Å². The lowest BCUT2D eigenvalue weighted by Crippen LogP contribution is -2.48. The minimum atomic E-state index is -3.43. The summed E-state index contributed by atoms with van der Waals surface area (Å²) in [5, 5.41) is 0.798. The lowest BCUT2D eigenvalue weighted by Gasteiger charge is -2.33. The highest BCUT2D eigenvalue weighted by molar-refractivity contribution is 7.99. The zero-order chi connectivity index (χ0) is 18.4. The molecule has 0 radical (unpaired) electrons. The minimum absolute atomic E-state index is 0.268. The highest BCUT2D eigenvalue weighted by Crippen LogP contribution is 2.27. The Balaban J connectivity index is 1.42. The van der Waals surface area contributed by atoms with E-state index in [-0.39, 0.29) is 4.90 Å². The van der Waals surface area contributed by atoms with Crippen molar-refractivity contribution in [3.05, 3.63) is 53.8 Å². The van der Waals surface area contributed by atoms with Crippen molar-refractivity contribution >= 4 is 33.4 Å². The Morgan fingerprint density at radius 2 is 1.85 bits per heavy atom. The van der Waals surface area contributed by atoms with Gasteiger partial charge in [-0.15, -0.1) is 11.8 Å². The number of hydrogen-bond donors (Lipinski definition) is 0. The fraction of sp³-hybridized carbons (Fsp3) is 0.389. The number of aromatic nitrogens is 1. The molecule has 0 unspecified atom stereocenters. The second-order valence-corrected chi connectivity index (χ2v) is 9.55. The van der Waals surface area contributed by atoms with Gasteiger partial charge in [0.15, 0.2) is 0 Å². The Bertz CT molecular complexity index is 810. The second-order valence-electron chi connectivity index (χ2n) is 6.07. The monoisotopic (exact) mass is 411 g/mol. The first kappa shape index (κ1) is 19.6. The molecule has 3 rings (SSSR count). The fourth-order valence-electron chi connectivity index (χ4n) is 2.87. The number of halogens is 1. The SMILES string of the molecule is O=S(=O)(c1cccnc1)N1CCN(CCCSc2ccccc2Cl)CC1.